The van der Waals surface area contributed by atoms with E-state index in [1.807, 2.05) is 37.3 Å². The third kappa shape index (κ3) is 1.45. The molecule has 1 spiro atoms. The smallest absolute Gasteiger partial charge is 0.170 e. The summed E-state index contributed by atoms with van der Waals surface area (Å²) in [5.74, 6) is 1.15. The van der Waals surface area contributed by atoms with Crippen molar-refractivity contribution >= 4 is 0 Å². The second kappa shape index (κ2) is 4.09. The van der Waals surface area contributed by atoms with Crippen LogP contribution in [-0.2, 0) is 15.7 Å². The maximum Gasteiger partial charge on any atom is 0.170 e. The Morgan fingerprint density at radius 1 is 1.10 bits per heavy atom. The van der Waals surface area contributed by atoms with Crippen LogP contribution in [0.5, 0.6) is 0 Å². The van der Waals surface area contributed by atoms with Crippen molar-refractivity contribution in [1.29, 1.82) is 0 Å². The number of benzene rings is 1. The van der Waals surface area contributed by atoms with Gasteiger partial charge < -0.3 is 4.74 Å². The van der Waals surface area contributed by atoms with Gasteiger partial charge in [-0.2, -0.15) is 0 Å². The third-order valence-electron chi connectivity index (χ3n) is 6.88. The van der Waals surface area contributed by atoms with Crippen LogP contribution in [0, 0.1) is 17.3 Å². The molecule has 2 aliphatic carbocycles. The number of hydrogen-bond acceptors (Lipinski definition) is 2. The Labute approximate surface area is 126 Å². The molecule has 1 aromatic rings. The topological polar surface area (TPSA) is 32.4 Å². The van der Waals surface area contributed by atoms with Gasteiger partial charge in [0.2, 0.25) is 0 Å². The van der Waals surface area contributed by atoms with E-state index in [9.17, 15) is 5.21 Å². The molecule has 113 valence electrons. The van der Waals surface area contributed by atoms with Crippen molar-refractivity contribution in [2.75, 3.05) is 6.61 Å². The number of nitrogens with zero attached hydrogens (tertiary/aromatic N) is 1. The second-order valence-corrected chi connectivity index (χ2v) is 7.78. The first-order valence-electron chi connectivity index (χ1n) is 8.10. The lowest BCUT2D eigenvalue weighted by molar-refractivity contribution is -0.318. The molecule has 3 nitrogen and oxygen atoms in total. The zero-order valence-corrected chi connectivity index (χ0v) is 13.1. The van der Waals surface area contributed by atoms with Gasteiger partial charge in [-0.3, -0.25) is 0 Å². The van der Waals surface area contributed by atoms with Gasteiger partial charge in [0, 0.05) is 5.56 Å². The highest BCUT2D eigenvalue weighted by molar-refractivity contribution is 5.27. The van der Waals surface area contributed by atoms with E-state index in [1.165, 1.54) is 24.3 Å². The fourth-order valence-corrected chi connectivity index (χ4v) is 5.38. The van der Waals surface area contributed by atoms with Crippen molar-refractivity contribution in [3.63, 3.8) is 0 Å². The van der Waals surface area contributed by atoms with Crippen LogP contribution in [0.4, 0.5) is 0 Å². The van der Waals surface area contributed by atoms with Gasteiger partial charge in [0.15, 0.2) is 5.72 Å². The maximum absolute atomic E-state index is 13.4. The molecule has 1 radical (unpaired) electrons. The Balaban J connectivity index is 1.78. The van der Waals surface area contributed by atoms with Gasteiger partial charge in [0.05, 0.1) is 12.1 Å². The highest BCUT2D eigenvalue weighted by Gasteiger charge is 2.72. The molecule has 4 rings (SSSR count). The zero-order valence-electron chi connectivity index (χ0n) is 13.1. The number of ether oxygens (including phenoxy) is 1. The molecule has 1 saturated heterocycles. The molecule has 4 atom stereocenters. The van der Waals surface area contributed by atoms with Crippen molar-refractivity contribution in [3.8, 4) is 0 Å². The minimum atomic E-state index is -0.844. The Morgan fingerprint density at radius 3 is 2.38 bits per heavy atom. The second-order valence-electron chi connectivity index (χ2n) is 7.78. The summed E-state index contributed by atoms with van der Waals surface area (Å²) in [6.07, 6.45) is 3.65. The monoisotopic (exact) mass is 286 g/mol. The highest BCUT2D eigenvalue weighted by atomic mass is 16.6. The molecule has 3 aliphatic rings. The molecule has 0 N–H and O–H groups in total. The fraction of sp³-hybridized carbons (Fsp3) is 0.667. The molecule has 3 unspecified atom stereocenters. The maximum atomic E-state index is 13.4. The largest absolute Gasteiger partial charge is 0.352 e. The Hall–Kier alpha value is -0.900. The fourth-order valence-electron chi connectivity index (χ4n) is 5.38. The summed E-state index contributed by atoms with van der Waals surface area (Å²) in [4.78, 5) is 0. The summed E-state index contributed by atoms with van der Waals surface area (Å²) < 4.78 is 6.18. The summed E-state index contributed by atoms with van der Waals surface area (Å²) in [6, 6.07) is 9.95. The lowest BCUT2D eigenvalue weighted by atomic mass is 9.63. The molecule has 3 fully saturated rings. The van der Waals surface area contributed by atoms with E-state index in [2.05, 4.69) is 13.8 Å². The Morgan fingerprint density at radius 2 is 1.76 bits per heavy atom. The molecule has 0 amide bonds. The van der Waals surface area contributed by atoms with Crippen LogP contribution in [0.2, 0.25) is 0 Å². The van der Waals surface area contributed by atoms with Gasteiger partial charge in [0.25, 0.3) is 0 Å². The highest BCUT2D eigenvalue weighted by Crippen LogP contribution is 2.67. The van der Waals surface area contributed by atoms with Gasteiger partial charge in [-0.1, -0.05) is 44.2 Å². The predicted molar refractivity (Wildman–Crippen MR) is 79.6 cm³/mol. The van der Waals surface area contributed by atoms with Crippen LogP contribution in [0.15, 0.2) is 30.3 Å². The van der Waals surface area contributed by atoms with Gasteiger partial charge in [-0.05, 0) is 43.4 Å². The number of hydroxylamine groups is 2. The SMILES string of the molecule is CC1(C)C2CCC(C2)C12CO[C@@](C)(c1ccccc1)N2[O]. The van der Waals surface area contributed by atoms with E-state index in [0.717, 1.165) is 5.56 Å². The average molecular weight is 286 g/mol. The van der Waals surface area contributed by atoms with E-state index in [0.29, 0.717) is 18.4 Å². The molecular weight excluding hydrogens is 262 g/mol. The molecule has 1 aliphatic heterocycles. The minimum absolute atomic E-state index is 0.0320. The van der Waals surface area contributed by atoms with Crippen LogP contribution in [0.25, 0.3) is 0 Å². The first kappa shape index (κ1) is 13.7. The van der Waals surface area contributed by atoms with Gasteiger partial charge in [-0.15, -0.1) is 10.3 Å². The molecule has 2 bridgehead atoms. The van der Waals surface area contributed by atoms with Crippen molar-refractivity contribution < 1.29 is 9.94 Å². The predicted octanol–water partition coefficient (Wildman–Crippen LogP) is 3.73. The molecule has 3 heteroatoms. The van der Waals surface area contributed by atoms with Crippen LogP contribution in [0.1, 0.15) is 45.6 Å². The molecule has 1 heterocycles. The summed E-state index contributed by atoms with van der Waals surface area (Å²) in [5, 5.41) is 14.8. The molecule has 0 aromatic heterocycles. The third-order valence-corrected chi connectivity index (χ3v) is 6.88. The summed E-state index contributed by atoms with van der Waals surface area (Å²) in [5.41, 5.74) is -0.191. The standard InChI is InChI=1S/C18H24NO2/c1-16(2)14-9-10-15(11-14)18(16)12-21-17(3,19(18)20)13-7-5-4-6-8-13/h4-8,14-15H,9-12H2,1-3H3/t14?,15?,17-,18?/m0/s1. The van der Waals surface area contributed by atoms with Gasteiger partial charge >= 0.3 is 0 Å². The quantitative estimate of drug-likeness (QED) is 0.788. The van der Waals surface area contributed by atoms with E-state index in [-0.39, 0.29) is 11.0 Å². The van der Waals surface area contributed by atoms with E-state index < -0.39 is 5.72 Å². The summed E-state index contributed by atoms with van der Waals surface area (Å²) in [6.45, 7) is 7.06. The minimum Gasteiger partial charge on any atom is -0.352 e. The van der Waals surface area contributed by atoms with Gasteiger partial charge in [0.1, 0.15) is 0 Å². The number of hydrogen-bond donors (Lipinski definition) is 0. The van der Waals surface area contributed by atoms with Crippen molar-refractivity contribution in [2.24, 2.45) is 17.3 Å². The Bertz CT molecular complexity index is 558. The van der Waals surface area contributed by atoms with E-state index >= 15 is 0 Å². The van der Waals surface area contributed by atoms with Crippen LogP contribution in [-0.4, -0.2) is 17.2 Å². The van der Waals surface area contributed by atoms with Crippen molar-refractivity contribution in [1.82, 2.24) is 5.06 Å². The molecular formula is C18H24NO2. The lowest BCUT2D eigenvalue weighted by Gasteiger charge is -2.49. The molecule has 2 saturated carbocycles. The van der Waals surface area contributed by atoms with Crippen LogP contribution in [0.3, 0.4) is 0 Å². The number of rotatable bonds is 1. The first-order valence-corrected chi connectivity index (χ1v) is 8.10. The van der Waals surface area contributed by atoms with E-state index in [1.54, 1.807) is 0 Å². The molecule has 21 heavy (non-hydrogen) atoms. The van der Waals surface area contributed by atoms with Crippen LogP contribution < -0.4 is 0 Å². The van der Waals surface area contributed by atoms with Crippen molar-refractivity contribution in [2.45, 2.75) is 51.3 Å². The lowest BCUT2D eigenvalue weighted by Crippen LogP contribution is -2.61. The normalized spacial score (nSPS) is 44.8. The first-order chi connectivity index (χ1) is 9.93. The summed E-state index contributed by atoms with van der Waals surface area (Å²) in [7, 11) is 0. The number of fused-ring (bicyclic) bond motifs is 3. The zero-order chi connectivity index (χ0) is 14.9. The van der Waals surface area contributed by atoms with Crippen LogP contribution >= 0.6 is 0 Å². The Kier molecular flexibility index (Phi) is 2.68. The van der Waals surface area contributed by atoms with Gasteiger partial charge in [-0.25, -0.2) is 0 Å². The van der Waals surface area contributed by atoms with E-state index in [4.69, 9.17) is 4.74 Å². The van der Waals surface area contributed by atoms with Crippen molar-refractivity contribution in [3.05, 3.63) is 35.9 Å². The average Bonchev–Trinajstić information content (AvgIpc) is 3.11. The summed E-state index contributed by atoms with van der Waals surface area (Å²) >= 11 is 0. The molecule has 1 aromatic carbocycles.